The van der Waals surface area contributed by atoms with Gasteiger partial charge in [0.1, 0.15) is 11.5 Å². The Balaban J connectivity index is 1.67. The molecule has 0 saturated carbocycles. The van der Waals surface area contributed by atoms with Crippen LogP contribution in [-0.4, -0.2) is 36.3 Å². The number of fused-ring (bicyclic) bond motifs is 1. The number of nitro groups is 1. The summed E-state index contributed by atoms with van der Waals surface area (Å²) in [5, 5.41) is 11.6. The van der Waals surface area contributed by atoms with Crippen molar-refractivity contribution in [1.82, 2.24) is 4.57 Å². The molecule has 3 heterocycles. The highest BCUT2D eigenvalue weighted by atomic mass is 79.9. The van der Waals surface area contributed by atoms with E-state index in [0.717, 1.165) is 16.9 Å². The number of hydrogen-bond acceptors (Lipinski definition) is 10. The molecule has 1 unspecified atom stereocenters. The molecular weight excluding hydrogens is 654 g/mol. The van der Waals surface area contributed by atoms with Crippen LogP contribution in [0.1, 0.15) is 42.3 Å². The van der Waals surface area contributed by atoms with Gasteiger partial charge in [0.15, 0.2) is 16.3 Å². The number of ether oxygens (including phenoxy) is 3. The molecule has 1 atom stereocenters. The number of esters is 1. The number of thiazole rings is 1. The summed E-state index contributed by atoms with van der Waals surface area (Å²) < 4.78 is 24.7. The van der Waals surface area contributed by atoms with Gasteiger partial charge in [-0.1, -0.05) is 27.3 Å². The minimum Gasteiger partial charge on any atom is -0.493 e. The van der Waals surface area contributed by atoms with Crippen LogP contribution in [0, 0.1) is 24.0 Å². The van der Waals surface area contributed by atoms with E-state index in [1.807, 2.05) is 6.07 Å². The molecule has 4 aromatic rings. The Bertz CT molecular complexity index is 2040. The smallest absolute Gasteiger partial charge is 0.338 e. The summed E-state index contributed by atoms with van der Waals surface area (Å²) in [6.45, 7) is 7.05. The van der Waals surface area contributed by atoms with Crippen LogP contribution in [-0.2, 0) is 9.53 Å². The molecule has 0 N–H and O–H groups in total. The molecule has 0 saturated heterocycles. The molecule has 0 fully saturated rings. The van der Waals surface area contributed by atoms with Crippen LogP contribution in [0.15, 0.2) is 66.3 Å². The Morgan fingerprint density at radius 1 is 1.16 bits per heavy atom. The Labute approximate surface area is 264 Å². The molecule has 0 aliphatic carbocycles. The SMILES string of the molecule is CCOC(=O)C1=C(C)N=c2s/c(=C\c3ccc(-c4cc(C)c(C)c([N+](=O)[O-])c4)o3)c(=O)n2C1c1cc(OC)c(OC)cc1Br. The molecule has 1 aliphatic rings. The highest BCUT2D eigenvalue weighted by Gasteiger charge is 2.35. The van der Waals surface area contributed by atoms with Crippen molar-refractivity contribution in [3.8, 4) is 22.8 Å². The summed E-state index contributed by atoms with van der Waals surface area (Å²) in [7, 11) is 3.02. The number of hydrogen-bond donors (Lipinski definition) is 0. The number of allylic oxidation sites excluding steroid dienone is 1. The Morgan fingerprint density at radius 2 is 1.86 bits per heavy atom. The van der Waals surface area contributed by atoms with Crippen LogP contribution in [0.3, 0.4) is 0 Å². The molecule has 0 bridgehead atoms. The summed E-state index contributed by atoms with van der Waals surface area (Å²) >= 11 is 4.74. The second-order valence-electron chi connectivity index (χ2n) is 9.93. The van der Waals surface area contributed by atoms with Gasteiger partial charge in [-0.25, -0.2) is 9.79 Å². The Kier molecular flexibility index (Phi) is 8.62. The van der Waals surface area contributed by atoms with Gasteiger partial charge in [-0.3, -0.25) is 19.5 Å². The fourth-order valence-corrected chi connectivity index (χ4v) is 6.62. The number of nitro benzene ring substituents is 1. The number of benzene rings is 2. The largest absolute Gasteiger partial charge is 0.493 e. The maximum atomic E-state index is 14.0. The molecule has 0 radical (unpaired) electrons. The molecule has 5 rings (SSSR count). The van der Waals surface area contributed by atoms with Gasteiger partial charge < -0.3 is 18.6 Å². The molecule has 1 aliphatic heterocycles. The second-order valence-corrected chi connectivity index (χ2v) is 11.8. The lowest BCUT2D eigenvalue weighted by atomic mass is 9.95. The van der Waals surface area contributed by atoms with Gasteiger partial charge in [0.05, 0.1) is 47.6 Å². The standard InChI is InChI=1S/C31H28BrN3O8S/c1-7-42-30(37)27-17(4)33-31-34(28(27)20-13-24(40-5)25(41-6)14-21(20)32)29(36)26(44-31)12-19-8-9-23(43-19)18-10-15(2)16(3)22(11-18)35(38)39/h8-14,28H,7H2,1-6H3/b26-12-. The van der Waals surface area contributed by atoms with E-state index in [4.69, 9.17) is 18.6 Å². The van der Waals surface area contributed by atoms with E-state index in [-0.39, 0.29) is 17.9 Å². The van der Waals surface area contributed by atoms with E-state index < -0.39 is 22.5 Å². The lowest BCUT2D eigenvalue weighted by Crippen LogP contribution is -2.40. The van der Waals surface area contributed by atoms with Crippen molar-refractivity contribution in [2.24, 2.45) is 4.99 Å². The van der Waals surface area contributed by atoms with Gasteiger partial charge in [0, 0.05) is 27.7 Å². The third kappa shape index (κ3) is 5.48. The molecule has 0 amide bonds. The van der Waals surface area contributed by atoms with Gasteiger partial charge in [0.2, 0.25) is 0 Å². The highest BCUT2D eigenvalue weighted by Crippen LogP contribution is 2.41. The summed E-state index contributed by atoms with van der Waals surface area (Å²) in [6, 6.07) is 9.22. The maximum Gasteiger partial charge on any atom is 0.338 e. The van der Waals surface area contributed by atoms with Crippen molar-refractivity contribution < 1.29 is 28.3 Å². The van der Waals surface area contributed by atoms with Crippen LogP contribution in [0.25, 0.3) is 17.4 Å². The van der Waals surface area contributed by atoms with E-state index in [2.05, 4.69) is 20.9 Å². The van der Waals surface area contributed by atoms with Crippen molar-refractivity contribution in [3.63, 3.8) is 0 Å². The van der Waals surface area contributed by atoms with Crippen LogP contribution < -0.4 is 24.4 Å². The topological polar surface area (TPSA) is 135 Å². The zero-order chi connectivity index (χ0) is 31.9. The Hall–Kier alpha value is -4.49. The summed E-state index contributed by atoms with van der Waals surface area (Å²) in [5.41, 5.74) is 2.71. The number of carbonyl (C=O) groups excluding carboxylic acids is 1. The van der Waals surface area contributed by atoms with Gasteiger partial charge in [-0.05, 0) is 69.2 Å². The lowest BCUT2D eigenvalue weighted by Gasteiger charge is -2.26. The minimum absolute atomic E-state index is 0.000330. The summed E-state index contributed by atoms with van der Waals surface area (Å²) in [4.78, 5) is 43.4. The van der Waals surface area contributed by atoms with Crippen LogP contribution in [0.2, 0.25) is 0 Å². The normalized spacial score (nSPS) is 14.7. The maximum absolute atomic E-state index is 14.0. The third-order valence-electron chi connectivity index (χ3n) is 7.34. The van der Waals surface area contributed by atoms with Gasteiger partial charge in [-0.15, -0.1) is 0 Å². The zero-order valence-electron chi connectivity index (χ0n) is 24.7. The van der Waals surface area contributed by atoms with Crippen molar-refractivity contribution in [2.45, 2.75) is 33.7 Å². The first-order valence-corrected chi connectivity index (χ1v) is 15.1. The molecule has 11 nitrogen and oxygen atoms in total. The monoisotopic (exact) mass is 681 g/mol. The molecule has 228 valence electrons. The number of carbonyl (C=O) groups is 1. The molecule has 2 aromatic carbocycles. The quantitative estimate of drug-likeness (QED) is 0.138. The molecule has 13 heteroatoms. The summed E-state index contributed by atoms with van der Waals surface area (Å²) in [5.74, 6) is 1.09. The fourth-order valence-electron chi connectivity index (χ4n) is 5.05. The molecule has 0 spiro atoms. The zero-order valence-corrected chi connectivity index (χ0v) is 27.1. The van der Waals surface area contributed by atoms with Gasteiger partial charge >= 0.3 is 5.97 Å². The van der Waals surface area contributed by atoms with Crippen molar-refractivity contribution >= 4 is 45.0 Å². The number of aryl methyl sites for hydroxylation is 1. The van der Waals surface area contributed by atoms with Gasteiger partial charge in [-0.2, -0.15) is 0 Å². The van der Waals surface area contributed by atoms with Crippen molar-refractivity contribution in [1.29, 1.82) is 0 Å². The first-order valence-electron chi connectivity index (χ1n) is 13.5. The highest BCUT2D eigenvalue weighted by molar-refractivity contribution is 9.10. The van der Waals surface area contributed by atoms with E-state index in [0.29, 0.717) is 59.2 Å². The first kappa shape index (κ1) is 31.0. The average molecular weight is 683 g/mol. The number of aromatic nitrogens is 1. The number of halogens is 1. The van der Waals surface area contributed by atoms with Crippen molar-refractivity contribution in [2.75, 3.05) is 20.8 Å². The Morgan fingerprint density at radius 3 is 2.52 bits per heavy atom. The number of furan rings is 1. The van der Waals surface area contributed by atoms with E-state index in [1.54, 1.807) is 58.0 Å². The fraction of sp³-hybridized carbons (Fsp3) is 0.258. The minimum atomic E-state index is -0.884. The predicted octanol–water partition coefficient (Wildman–Crippen LogP) is 5.36. The van der Waals surface area contributed by atoms with E-state index in [9.17, 15) is 19.7 Å². The number of nitrogens with zero attached hydrogens (tertiary/aromatic N) is 3. The molecule has 44 heavy (non-hydrogen) atoms. The lowest BCUT2D eigenvalue weighted by molar-refractivity contribution is -0.385. The molecular formula is C31H28BrN3O8S. The average Bonchev–Trinajstić information content (AvgIpc) is 3.57. The van der Waals surface area contributed by atoms with E-state index in [1.165, 1.54) is 24.9 Å². The number of methoxy groups -OCH3 is 2. The second kappa shape index (κ2) is 12.2. The van der Waals surface area contributed by atoms with Crippen LogP contribution in [0.4, 0.5) is 5.69 Å². The first-order chi connectivity index (χ1) is 21.0. The number of rotatable bonds is 8. The van der Waals surface area contributed by atoms with Gasteiger partial charge in [0.25, 0.3) is 11.2 Å². The van der Waals surface area contributed by atoms with Crippen molar-refractivity contribution in [3.05, 3.63) is 104 Å². The summed E-state index contributed by atoms with van der Waals surface area (Å²) in [6.07, 6.45) is 1.59. The van der Waals surface area contributed by atoms with Crippen LogP contribution >= 0.6 is 27.3 Å². The van der Waals surface area contributed by atoms with Crippen LogP contribution in [0.5, 0.6) is 11.5 Å². The molecule has 2 aromatic heterocycles. The predicted molar refractivity (Wildman–Crippen MR) is 168 cm³/mol. The third-order valence-corrected chi connectivity index (χ3v) is 9.01. The van der Waals surface area contributed by atoms with E-state index >= 15 is 0 Å².